The van der Waals surface area contributed by atoms with Crippen LogP contribution in [0.4, 0.5) is 0 Å². The van der Waals surface area contributed by atoms with Crippen LogP contribution in [0, 0.1) is 5.92 Å². The Balaban J connectivity index is 2.03. The molecule has 130 valence electrons. The van der Waals surface area contributed by atoms with E-state index >= 15 is 0 Å². The predicted molar refractivity (Wildman–Crippen MR) is 92.8 cm³/mol. The monoisotopic (exact) mass is 331 g/mol. The lowest BCUT2D eigenvalue weighted by molar-refractivity contribution is -0.137. The number of ether oxygens (including phenoxy) is 1. The van der Waals surface area contributed by atoms with Crippen molar-refractivity contribution in [2.45, 2.75) is 32.6 Å². The molecule has 0 saturated carbocycles. The van der Waals surface area contributed by atoms with Crippen LogP contribution in [0.3, 0.4) is 0 Å². The van der Waals surface area contributed by atoms with Crippen molar-refractivity contribution in [1.82, 2.24) is 4.90 Å². The predicted octanol–water partition coefficient (Wildman–Crippen LogP) is 3.20. The van der Waals surface area contributed by atoms with Gasteiger partial charge in [0, 0.05) is 31.1 Å². The van der Waals surface area contributed by atoms with Crippen molar-refractivity contribution in [1.29, 1.82) is 0 Å². The SMILES string of the molecule is COc1ccccc1C(C)=CC(=O)N1CCCC(CCC(=O)O)C1. The minimum Gasteiger partial charge on any atom is -0.496 e. The molecule has 5 nitrogen and oxygen atoms in total. The van der Waals surface area contributed by atoms with Gasteiger partial charge in [-0.2, -0.15) is 0 Å². The molecule has 1 saturated heterocycles. The number of allylic oxidation sites excluding steroid dienone is 1. The van der Waals surface area contributed by atoms with E-state index in [-0.39, 0.29) is 18.2 Å². The lowest BCUT2D eigenvalue weighted by Crippen LogP contribution is -2.39. The van der Waals surface area contributed by atoms with Gasteiger partial charge in [0.05, 0.1) is 7.11 Å². The van der Waals surface area contributed by atoms with Crippen molar-refractivity contribution in [2.24, 2.45) is 5.92 Å². The van der Waals surface area contributed by atoms with Gasteiger partial charge in [0.25, 0.3) is 0 Å². The highest BCUT2D eigenvalue weighted by atomic mass is 16.5. The maximum Gasteiger partial charge on any atom is 0.303 e. The minimum absolute atomic E-state index is 0.0153. The van der Waals surface area contributed by atoms with Gasteiger partial charge >= 0.3 is 5.97 Å². The Hall–Kier alpha value is -2.30. The molecule has 0 aromatic heterocycles. The highest BCUT2D eigenvalue weighted by molar-refractivity contribution is 5.95. The number of piperidine rings is 1. The standard InChI is InChI=1S/C19H25NO4/c1-14(16-7-3-4-8-17(16)24-2)12-18(21)20-11-5-6-15(13-20)9-10-19(22)23/h3-4,7-8,12,15H,5-6,9-11,13H2,1-2H3,(H,22,23). The third-order valence-electron chi connectivity index (χ3n) is 4.47. The van der Waals surface area contributed by atoms with Crippen LogP contribution in [-0.4, -0.2) is 42.1 Å². The van der Waals surface area contributed by atoms with Gasteiger partial charge in [0.1, 0.15) is 5.75 Å². The highest BCUT2D eigenvalue weighted by Crippen LogP contribution is 2.26. The van der Waals surface area contributed by atoms with E-state index < -0.39 is 5.97 Å². The molecule has 1 fully saturated rings. The number of para-hydroxylation sites is 1. The van der Waals surface area contributed by atoms with Crippen LogP contribution in [0.1, 0.15) is 38.2 Å². The van der Waals surface area contributed by atoms with E-state index in [1.807, 2.05) is 36.1 Å². The maximum atomic E-state index is 12.6. The van der Waals surface area contributed by atoms with E-state index in [0.29, 0.717) is 13.0 Å². The van der Waals surface area contributed by atoms with Gasteiger partial charge in [-0.3, -0.25) is 9.59 Å². The first-order valence-corrected chi connectivity index (χ1v) is 8.33. The van der Waals surface area contributed by atoms with Crippen LogP contribution in [0.2, 0.25) is 0 Å². The van der Waals surface area contributed by atoms with Crippen LogP contribution in [-0.2, 0) is 9.59 Å². The van der Waals surface area contributed by atoms with Gasteiger partial charge in [0.15, 0.2) is 0 Å². The topological polar surface area (TPSA) is 66.8 Å². The first-order chi connectivity index (χ1) is 11.5. The zero-order valence-corrected chi connectivity index (χ0v) is 14.3. The molecule has 0 bridgehead atoms. The number of hydrogen-bond acceptors (Lipinski definition) is 3. The van der Waals surface area contributed by atoms with Crippen LogP contribution in [0.15, 0.2) is 30.3 Å². The van der Waals surface area contributed by atoms with Gasteiger partial charge < -0.3 is 14.7 Å². The van der Waals surface area contributed by atoms with Crippen LogP contribution >= 0.6 is 0 Å². The summed E-state index contributed by atoms with van der Waals surface area (Å²) in [7, 11) is 1.62. The van der Waals surface area contributed by atoms with Gasteiger partial charge in [-0.25, -0.2) is 0 Å². The molecule has 2 rings (SSSR count). The first-order valence-electron chi connectivity index (χ1n) is 8.33. The Morgan fingerprint density at radius 3 is 2.83 bits per heavy atom. The smallest absolute Gasteiger partial charge is 0.303 e. The number of carboxylic acid groups (broad SMARTS) is 1. The van der Waals surface area contributed by atoms with Crippen molar-refractivity contribution in [3.8, 4) is 5.75 Å². The second-order valence-corrected chi connectivity index (χ2v) is 6.25. The molecular weight excluding hydrogens is 306 g/mol. The Bertz CT molecular complexity index is 624. The molecule has 1 heterocycles. The lowest BCUT2D eigenvalue weighted by Gasteiger charge is -2.32. The number of amides is 1. The zero-order chi connectivity index (χ0) is 17.5. The Kier molecular flexibility index (Phi) is 6.41. The molecule has 0 aliphatic carbocycles. The third-order valence-corrected chi connectivity index (χ3v) is 4.47. The van der Waals surface area contributed by atoms with E-state index in [4.69, 9.17) is 9.84 Å². The van der Waals surface area contributed by atoms with E-state index in [0.717, 1.165) is 36.3 Å². The number of likely N-dealkylation sites (tertiary alicyclic amines) is 1. The molecule has 24 heavy (non-hydrogen) atoms. The molecule has 1 aliphatic rings. The van der Waals surface area contributed by atoms with Gasteiger partial charge in [-0.1, -0.05) is 18.2 Å². The summed E-state index contributed by atoms with van der Waals surface area (Å²) in [4.78, 5) is 25.1. The fraction of sp³-hybridized carbons (Fsp3) is 0.474. The number of aliphatic carboxylic acids is 1. The van der Waals surface area contributed by atoms with Gasteiger partial charge in [0.2, 0.25) is 5.91 Å². The number of benzene rings is 1. The quantitative estimate of drug-likeness (QED) is 0.813. The largest absolute Gasteiger partial charge is 0.496 e. The van der Waals surface area contributed by atoms with Crippen molar-refractivity contribution in [2.75, 3.05) is 20.2 Å². The van der Waals surface area contributed by atoms with Gasteiger partial charge in [-0.15, -0.1) is 0 Å². The van der Waals surface area contributed by atoms with Crippen molar-refractivity contribution >= 4 is 17.4 Å². The number of carbonyl (C=O) groups excluding carboxylic acids is 1. The molecule has 5 heteroatoms. The van der Waals surface area contributed by atoms with E-state index in [2.05, 4.69) is 0 Å². The average molecular weight is 331 g/mol. The summed E-state index contributed by atoms with van der Waals surface area (Å²) in [6.07, 6.45) is 4.37. The molecule has 1 atom stereocenters. The maximum absolute atomic E-state index is 12.6. The zero-order valence-electron chi connectivity index (χ0n) is 14.3. The summed E-state index contributed by atoms with van der Waals surface area (Å²) in [6.45, 7) is 3.28. The second-order valence-electron chi connectivity index (χ2n) is 6.25. The average Bonchev–Trinajstić information content (AvgIpc) is 2.60. The first kappa shape index (κ1) is 18.0. The fourth-order valence-corrected chi connectivity index (χ4v) is 3.15. The lowest BCUT2D eigenvalue weighted by atomic mass is 9.93. The van der Waals surface area contributed by atoms with Crippen LogP contribution in [0.5, 0.6) is 5.75 Å². The van der Waals surface area contributed by atoms with E-state index in [9.17, 15) is 9.59 Å². The molecule has 1 aliphatic heterocycles. The summed E-state index contributed by atoms with van der Waals surface area (Å²) in [5, 5.41) is 8.81. The molecular formula is C19H25NO4. The second kappa shape index (κ2) is 8.52. The molecule has 1 N–H and O–H groups in total. The summed E-state index contributed by atoms with van der Waals surface area (Å²) in [5.74, 6) is 0.236. The molecule has 1 aromatic carbocycles. The van der Waals surface area contributed by atoms with Crippen molar-refractivity contribution < 1.29 is 19.4 Å². The number of carboxylic acids is 1. The third kappa shape index (κ3) is 4.85. The van der Waals surface area contributed by atoms with E-state index in [1.54, 1.807) is 13.2 Å². The number of carbonyl (C=O) groups is 2. The van der Waals surface area contributed by atoms with Crippen molar-refractivity contribution in [3.63, 3.8) is 0 Å². The molecule has 1 unspecified atom stereocenters. The van der Waals surface area contributed by atoms with E-state index in [1.165, 1.54) is 0 Å². The number of rotatable bonds is 6. The molecule has 1 amide bonds. The molecule has 1 aromatic rings. The Labute approximate surface area is 142 Å². The summed E-state index contributed by atoms with van der Waals surface area (Å²) in [6, 6.07) is 7.63. The number of nitrogens with zero attached hydrogens (tertiary/aromatic N) is 1. The number of methoxy groups -OCH3 is 1. The molecule has 0 radical (unpaired) electrons. The Morgan fingerprint density at radius 1 is 1.38 bits per heavy atom. The summed E-state index contributed by atoms with van der Waals surface area (Å²) >= 11 is 0. The van der Waals surface area contributed by atoms with Crippen LogP contribution < -0.4 is 4.74 Å². The highest BCUT2D eigenvalue weighted by Gasteiger charge is 2.23. The summed E-state index contributed by atoms with van der Waals surface area (Å²) < 4.78 is 5.34. The van der Waals surface area contributed by atoms with Gasteiger partial charge in [-0.05, 0) is 43.7 Å². The normalized spacial score (nSPS) is 18.3. The minimum atomic E-state index is -0.773. The fourth-order valence-electron chi connectivity index (χ4n) is 3.15. The number of hydrogen-bond donors (Lipinski definition) is 1. The molecule has 0 spiro atoms. The Morgan fingerprint density at radius 2 is 2.12 bits per heavy atom. The summed E-state index contributed by atoms with van der Waals surface area (Å²) in [5.41, 5.74) is 1.78. The van der Waals surface area contributed by atoms with Crippen LogP contribution in [0.25, 0.3) is 5.57 Å². The van der Waals surface area contributed by atoms with Crippen molar-refractivity contribution in [3.05, 3.63) is 35.9 Å².